The molecule has 1 aromatic rings. The van der Waals surface area contributed by atoms with Crippen molar-refractivity contribution in [3.8, 4) is 0 Å². The molecule has 0 radical (unpaired) electrons. The summed E-state index contributed by atoms with van der Waals surface area (Å²) >= 11 is 0. The number of carbonyl (C=O) groups is 1. The van der Waals surface area contributed by atoms with Crippen LogP contribution in [-0.4, -0.2) is 16.9 Å². The van der Waals surface area contributed by atoms with Crippen LogP contribution in [0.3, 0.4) is 0 Å². The number of hydrogen-bond acceptors (Lipinski definition) is 4. The van der Waals surface area contributed by atoms with Crippen LogP contribution in [0.5, 0.6) is 0 Å². The van der Waals surface area contributed by atoms with Crippen LogP contribution in [0.25, 0.3) is 0 Å². The maximum Gasteiger partial charge on any atom is 0.251 e. The lowest BCUT2D eigenvalue weighted by Crippen LogP contribution is -2.38. The first kappa shape index (κ1) is 13.4. The van der Waals surface area contributed by atoms with E-state index < -0.39 is 0 Å². The van der Waals surface area contributed by atoms with Crippen molar-refractivity contribution in [2.24, 2.45) is 17.7 Å². The van der Waals surface area contributed by atoms with E-state index in [9.17, 15) is 4.79 Å². The van der Waals surface area contributed by atoms with E-state index >= 15 is 0 Å². The standard InChI is InChI=1S/C15H22N4O/c1-2-12-7-11(8-13(17-12)19-16)15(20)18-14(9-3-4-9)10-5-6-10/h7-10,14H,2-6,16H2,1H3,(H,17,19)(H,18,20). The zero-order valence-corrected chi connectivity index (χ0v) is 11.9. The van der Waals surface area contributed by atoms with E-state index in [1.807, 2.05) is 13.0 Å². The lowest BCUT2D eigenvalue weighted by molar-refractivity contribution is 0.0926. The van der Waals surface area contributed by atoms with E-state index in [2.05, 4.69) is 15.7 Å². The Morgan fingerprint density at radius 3 is 2.50 bits per heavy atom. The van der Waals surface area contributed by atoms with Gasteiger partial charge in [-0.3, -0.25) is 4.79 Å². The SMILES string of the molecule is CCc1cc(C(=O)NC(C2CC2)C2CC2)cc(NN)n1. The third kappa shape index (κ3) is 2.93. The molecule has 5 heteroatoms. The zero-order valence-electron chi connectivity index (χ0n) is 11.9. The number of aromatic nitrogens is 1. The van der Waals surface area contributed by atoms with Crippen molar-refractivity contribution in [1.29, 1.82) is 0 Å². The minimum Gasteiger partial charge on any atom is -0.349 e. The third-order valence-corrected chi connectivity index (χ3v) is 4.21. The Hall–Kier alpha value is -1.62. The molecule has 0 spiro atoms. The number of carbonyl (C=O) groups excluding carboxylic acids is 1. The predicted octanol–water partition coefficient (Wildman–Crippen LogP) is 1.85. The van der Waals surface area contributed by atoms with Gasteiger partial charge < -0.3 is 10.7 Å². The Kier molecular flexibility index (Phi) is 3.61. The van der Waals surface area contributed by atoms with Crippen molar-refractivity contribution in [2.75, 3.05) is 5.43 Å². The lowest BCUT2D eigenvalue weighted by Gasteiger charge is -2.18. The van der Waals surface area contributed by atoms with Gasteiger partial charge in [-0.25, -0.2) is 10.8 Å². The van der Waals surface area contributed by atoms with Gasteiger partial charge >= 0.3 is 0 Å². The van der Waals surface area contributed by atoms with Crippen molar-refractivity contribution in [3.05, 3.63) is 23.4 Å². The number of anilines is 1. The van der Waals surface area contributed by atoms with Crippen LogP contribution >= 0.6 is 0 Å². The highest BCUT2D eigenvalue weighted by molar-refractivity contribution is 5.95. The number of pyridine rings is 1. The van der Waals surface area contributed by atoms with Crippen LogP contribution in [0.15, 0.2) is 12.1 Å². The number of nitrogens with one attached hydrogen (secondary N) is 2. The van der Waals surface area contributed by atoms with Gasteiger partial charge in [-0.1, -0.05) is 6.92 Å². The fourth-order valence-corrected chi connectivity index (χ4v) is 2.74. The third-order valence-electron chi connectivity index (χ3n) is 4.21. The molecule has 1 heterocycles. The first-order valence-corrected chi connectivity index (χ1v) is 7.49. The van der Waals surface area contributed by atoms with Crippen LogP contribution < -0.4 is 16.6 Å². The zero-order chi connectivity index (χ0) is 14.1. The summed E-state index contributed by atoms with van der Waals surface area (Å²) in [6.45, 7) is 2.02. The molecule has 0 aromatic carbocycles. The molecule has 5 nitrogen and oxygen atoms in total. The van der Waals surface area contributed by atoms with Gasteiger partial charge in [-0.15, -0.1) is 0 Å². The maximum atomic E-state index is 12.4. The van der Waals surface area contributed by atoms with Crippen LogP contribution in [0.2, 0.25) is 0 Å². The van der Waals surface area contributed by atoms with Crippen LogP contribution in [0, 0.1) is 11.8 Å². The Labute approximate surface area is 119 Å². The van der Waals surface area contributed by atoms with Crippen molar-refractivity contribution in [2.45, 2.75) is 45.1 Å². The number of amides is 1. The molecule has 108 valence electrons. The molecule has 3 rings (SSSR count). The van der Waals surface area contributed by atoms with Crippen molar-refractivity contribution in [1.82, 2.24) is 10.3 Å². The molecule has 1 amide bonds. The number of nitrogen functional groups attached to an aromatic ring is 1. The van der Waals surface area contributed by atoms with E-state index in [0.717, 1.165) is 12.1 Å². The molecule has 2 saturated carbocycles. The second-order valence-electron chi connectivity index (χ2n) is 5.90. The molecule has 1 aromatic heterocycles. The molecule has 0 unspecified atom stereocenters. The molecule has 4 N–H and O–H groups in total. The van der Waals surface area contributed by atoms with E-state index in [1.54, 1.807) is 6.07 Å². The number of nitrogens with two attached hydrogens (primary N) is 1. The van der Waals surface area contributed by atoms with Crippen LogP contribution in [0.4, 0.5) is 5.82 Å². The molecule has 0 aliphatic heterocycles. The highest BCUT2D eigenvalue weighted by Gasteiger charge is 2.42. The van der Waals surface area contributed by atoms with Crippen molar-refractivity contribution >= 4 is 11.7 Å². The van der Waals surface area contributed by atoms with Gasteiger partial charge in [0.05, 0.1) is 0 Å². The maximum absolute atomic E-state index is 12.4. The summed E-state index contributed by atoms with van der Waals surface area (Å²) in [6.07, 6.45) is 5.81. The number of aryl methyl sites for hydroxylation is 1. The lowest BCUT2D eigenvalue weighted by atomic mass is 10.1. The summed E-state index contributed by atoms with van der Waals surface area (Å²) < 4.78 is 0. The van der Waals surface area contributed by atoms with E-state index in [0.29, 0.717) is 29.3 Å². The van der Waals surface area contributed by atoms with E-state index in [1.165, 1.54) is 25.7 Å². The van der Waals surface area contributed by atoms with Crippen LogP contribution in [0.1, 0.15) is 48.7 Å². The molecule has 20 heavy (non-hydrogen) atoms. The minimum absolute atomic E-state index is 0.00222. The molecule has 2 aliphatic carbocycles. The van der Waals surface area contributed by atoms with Crippen molar-refractivity contribution < 1.29 is 4.79 Å². The highest BCUT2D eigenvalue weighted by atomic mass is 16.1. The molecule has 0 atom stereocenters. The summed E-state index contributed by atoms with van der Waals surface area (Å²) in [6, 6.07) is 3.94. The van der Waals surface area contributed by atoms with E-state index in [-0.39, 0.29) is 5.91 Å². The van der Waals surface area contributed by atoms with Gasteiger partial charge in [0, 0.05) is 17.3 Å². The monoisotopic (exact) mass is 274 g/mol. The van der Waals surface area contributed by atoms with Gasteiger partial charge in [-0.2, -0.15) is 0 Å². The second-order valence-corrected chi connectivity index (χ2v) is 5.90. The fraction of sp³-hybridized carbons (Fsp3) is 0.600. The minimum atomic E-state index is 0.00222. The number of rotatable bonds is 6. The molecule has 2 fully saturated rings. The van der Waals surface area contributed by atoms with E-state index in [4.69, 9.17) is 5.84 Å². The predicted molar refractivity (Wildman–Crippen MR) is 78.1 cm³/mol. The van der Waals surface area contributed by atoms with Gasteiger partial charge in [0.2, 0.25) is 0 Å². The Balaban J connectivity index is 1.75. The quantitative estimate of drug-likeness (QED) is 0.546. The number of hydrazine groups is 1. The summed E-state index contributed by atoms with van der Waals surface area (Å²) in [7, 11) is 0. The molecular weight excluding hydrogens is 252 g/mol. The Bertz CT molecular complexity index is 474. The largest absolute Gasteiger partial charge is 0.349 e. The molecular formula is C15H22N4O. The molecule has 0 bridgehead atoms. The summed E-state index contributed by atoms with van der Waals surface area (Å²) in [5, 5.41) is 3.22. The fourth-order valence-electron chi connectivity index (χ4n) is 2.74. The average Bonchev–Trinajstić information content (AvgIpc) is 3.36. The summed E-state index contributed by atoms with van der Waals surface area (Å²) in [5.74, 6) is 7.36. The highest BCUT2D eigenvalue weighted by Crippen LogP contribution is 2.44. The number of hydrogen-bond donors (Lipinski definition) is 3. The Morgan fingerprint density at radius 2 is 2.00 bits per heavy atom. The first-order chi connectivity index (χ1) is 9.71. The normalized spacial score (nSPS) is 18.1. The topological polar surface area (TPSA) is 80.0 Å². The average molecular weight is 274 g/mol. The van der Waals surface area contributed by atoms with Crippen molar-refractivity contribution in [3.63, 3.8) is 0 Å². The van der Waals surface area contributed by atoms with Gasteiger partial charge in [-0.05, 0) is 56.1 Å². The molecule has 2 aliphatic rings. The summed E-state index contributed by atoms with van der Waals surface area (Å²) in [5.41, 5.74) is 4.05. The smallest absolute Gasteiger partial charge is 0.251 e. The summed E-state index contributed by atoms with van der Waals surface area (Å²) in [4.78, 5) is 16.8. The van der Waals surface area contributed by atoms with Gasteiger partial charge in [0.25, 0.3) is 5.91 Å². The Morgan fingerprint density at radius 1 is 1.35 bits per heavy atom. The second kappa shape index (κ2) is 5.40. The first-order valence-electron chi connectivity index (χ1n) is 7.49. The van der Waals surface area contributed by atoms with Gasteiger partial charge in [0.1, 0.15) is 5.82 Å². The number of nitrogens with zero attached hydrogens (tertiary/aromatic N) is 1. The van der Waals surface area contributed by atoms with Gasteiger partial charge in [0.15, 0.2) is 0 Å². The van der Waals surface area contributed by atoms with Crippen LogP contribution in [-0.2, 0) is 6.42 Å². The molecule has 0 saturated heterocycles.